The highest BCUT2D eigenvalue weighted by atomic mass is 16.2. The molecule has 1 aromatic carbocycles. The number of benzene rings is 1. The molecule has 22 heavy (non-hydrogen) atoms. The monoisotopic (exact) mass is 302 g/mol. The van der Waals surface area contributed by atoms with Crippen LogP contribution in [0.1, 0.15) is 16.8 Å². The zero-order valence-corrected chi connectivity index (χ0v) is 12.4. The molecule has 1 aromatic heterocycles. The van der Waals surface area contributed by atoms with E-state index in [9.17, 15) is 14.4 Å². The molecule has 0 saturated heterocycles. The van der Waals surface area contributed by atoms with Crippen LogP contribution in [0.15, 0.2) is 18.2 Å². The number of hydrogen-bond acceptors (Lipinski definition) is 3. The van der Waals surface area contributed by atoms with Crippen LogP contribution >= 0.6 is 0 Å². The highest BCUT2D eigenvalue weighted by Gasteiger charge is 2.24. The van der Waals surface area contributed by atoms with Crippen LogP contribution in [0.5, 0.6) is 0 Å². The minimum absolute atomic E-state index is 0.0202. The molecular weight excluding hydrogens is 284 g/mol. The van der Waals surface area contributed by atoms with Crippen molar-refractivity contribution < 1.29 is 14.4 Å². The Labute approximate surface area is 127 Å². The molecule has 2 rings (SSSR count). The second kappa shape index (κ2) is 5.88. The number of amides is 3. The van der Waals surface area contributed by atoms with Crippen LogP contribution in [0.2, 0.25) is 0 Å². The average Bonchev–Trinajstić information content (AvgIpc) is 2.71. The predicted octanol–water partition coefficient (Wildman–Crippen LogP) is -0.217. The van der Waals surface area contributed by atoms with E-state index < -0.39 is 23.8 Å². The van der Waals surface area contributed by atoms with Crippen LogP contribution < -0.4 is 16.8 Å². The van der Waals surface area contributed by atoms with E-state index >= 15 is 0 Å². The van der Waals surface area contributed by atoms with E-state index in [0.29, 0.717) is 0 Å². The Morgan fingerprint density at radius 2 is 1.82 bits per heavy atom. The van der Waals surface area contributed by atoms with E-state index in [2.05, 4.69) is 10.3 Å². The summed E-state index contributed by atoms with van der Waals surface area (Å²) >= 11 is 0. The number of carbonyl (C=O) groups is 3. The summed E-state index contributed by atoms with van der Waals surface area (Å²) in [6.45, 7) is 3.82. The van der Waals surface area contributed by atoms with Crippen molar-refractivity contribution in [3.8, 4) is 0 Å². The number of aryl methyl sites for hydroxylation is 2. The Morgan fingerprint density at radius 1 is 1.18 bits per heavy atom. The van der Waals surface area contributed by atoms with Crippen molar-refractivity contribution in [1.29, 1.82) is 0 Å². The molecule has 6 N–H and O–H groups in total. The SMILES string of the molecule is Cc1ccc2[nH]c(C)c(CC(=O)NC(C(N)=O)C(N)=O)c2c1. The lowest BCUT2D eigenvalue weighted by molar-refractivity contribution is -0.133. The Hall–Kier alpha value is -2.83. The summed E-state index contributed by atoms with van der Waals surface area (Å²) in [5, 5.41) is 3.19. The maximum Gasteiger partial charge on any atom is 0.249 e. The molecule has 0 saturated carbocycles. The molecule has 0 fully saturated rings. The normalized spacial score (nSPS) is 10.9. The summed E-state index contributed by atoms with van der Waals surface area (Å²) < 4.78 is 0. The standard InChI is InChI=1S/C15H18N4O3/c1-7-3-4-11-10(5-7)9(8(2)18-11)6-12(20)19-13(14(16)21)15(17)22/h3-5,13,18H,6H2,1-2H3,(H2,16,21)(H2,17,22)(H,19,20). The van der Waals surface area contributed by atoms with Gasteiger partial charge in [-0.1, -0.05) is 11.6 Å². The van der Waals surface area contributed by atoms with Gasteiger partial charge in [0.2, 0.25) is 17.7 Å². The van der Waals surface area contributed by atoms with E-state index in [-0.39, 0.29) is 6.42 Å². The molecule has 2 aromatic rings. The van der Waals surface area contributed by atoms with Crippen LogP contribution in [0.3, 0.4) is 0 Å². The third-order valence-corrected chi connectivity index (χ3v) is 3.49. The molecule has 0 aliphatic rings. The summed E-state index contributed by atoms with van der Waals surface area (Å²) in [4.78, 5) is 37.5. The summed E-state index contributed by atoms with van der Waals surface area (Å²) in [5.74, 6) is -2.45. The lowest BCUT2D eigenvalue weighted by Gasteiger charge is -2.12. The third kappa shape index (κ3) is 3.08. The molecule has 3 amide bonds. The maximum absolute atomic E-state index is 12.1. The molecular formula is C15H18N4O3. The number of primary amides is 2. The van der Waals surface area contributed by atoms with Crippen molar-refractivity contribution in [3.63, 3.8) is 0 Å². The quantitative estimate of drug-likeness (QED) is 0.569. The van der Waals surface area contributed by atoms with Crippen LogP contribution in [0.4, 0.5) is 0 Å². The van der Waals surface area contributed by atoms with Gasteiger partial charge in [-0.15, -0.1) is 0 Å². The van der Waals surface area contributed by atoms with Gasteiger partial charge in [-0.25, -0.2) is 0 Å². The Bertz CT molecular complexity index is 749. The second-order valence-electron chi connectivity index (χ2n) is 5.26. The first-order valence-corrected chi connectivity index (χ1v) is 6.75. The van der Waals surface area contributed by atoms with Crippen LogP contribution in [-0.2, 0) is 20.8 Å². The van der Waals surface area contributed by atoms with Crippen LogP contribution in [-0.4, -0.2) is 28.7 Å². The van der Waals surface area contributed by atoms with E-state index in [1.54, 1.807) is 0 Å². The molecule has 0 radical (unpaired) electrons. The van der Waals surface area contributed by atoms with E-state index in [1.807, 2.05) is 32.0 Å². The molecule has 0 aliphatic carbocycles. The maximum atomic E-state index is 12.1. The first kappa shape index (κ1) is 15.6. The smallest absolute Gasteiger partial charge is 0.249 e. The predicted molar refractivity (Wildman–Crippen MR) is 81.8 cm³/mol. The van der Waals surface area contributed by atoms with E-state index in [0.717, 1.165) is 27.7 Å². The zero-order valence-electron chi connectivity index (χ0n) is 12.4. The molecule has 1 heterocycles. The number of nitrogens with two attached hydrogens (primary N) is 2. The third-order valence-electron chi connectivity index (χ3n) is 3.49. The number of fused-ring (bicyclic) bond motifs is 1. The summed E-state index contributed by atoms with van der Waals surface area (Å²) in [6, 6.07) is 4.38. The number of aromatic nitrogens is 1. The van der Waals surface area contributed by atoms with Crippen molar-refractivity contribution in [2.45, 2.75) is 26.3 Å². The summed E-state index contributed by atoms with van der Waals surface area (Å²) in [7, 11) is 0. The van der Waals surface area contributed by atoms with Gasteiger partial charge in [0.25, 0.3) is 0 Å². The van der Waals surface area contributed by atoms with Crippen molar-refractivity contribution >= 4 is 28.6 Å². The fourth-order valence-electron chi connectivity index (χ4n) is 2.38. The fourth-order valence-corrected chi connectivity index (χ4v) is 2.38. The molecule has 0 unspecified atom stereocenters. The van der Waals surface area contributed by atoms with Crippen molar-refractivity contribution in [1.82, 2.24) is 10.3 Å². The number of aromatic amines is 1. The molecule has 0 spiro atoms. The average molecular weight is 302 g/mol. The minimum Gasteiger partial charge on any atom is -0.367 e. The largest absolute Gasteiger partial charge is 0.367 e. The minimum atomic E-state index is -1.50. The Kier molecular flexibility index (Phi) is 4.16. The number of nitrogens with one attached hydrogen (secondary N) is 2. The van der Waals surface area contributed by atoms with Gasteiger partial charge in [-0.2, -0.15) is 0 Å². The highest BCUT2D eigenvalue weighted by molar-refractivity contribution is 6.06. The molecule has 116 valence electrons. The first-order chi connectivity index (χ1) is 10.3. The number of carbonyl (C=O) groups excluding carboxylic acids is 3. The van der Waals surface area contributed by atoms with Gasteiger partial charge in [0, 0.05) is 16.6 Å². The van der Waals surface area contributed by atoms with Gasteiger partial charge in [-0.3, -0.25) is 14.4 Å². The number of H-pyrrole nitrogens is 1. The van der Waals surface area contributed by atoms with Crippen molar-refractivity contribution in [3.05, 3.63) is 35.0 Å². The molecule has 0 atom stereocenters. The first-order valence-electron chi connectivity index (χ1n) is 6.75. The molecule has 7 heteroatoms. The number of rotatable bonds is 5. The van der Waals surface area contributed by atoms with E-state index in [4.69, 9.17) is 11.5 Å². The molecule has 0 bridgehead atoms. The van der Waals surface area contributed by atoms with Gasteiger partial charge in [0.15, 0.2) is 6.04 Å². The van der Waals surface area contributed by atoms with Gasteiger partial charge in [0.1, 0.15) is 0 Å². The molecule has 7 nitrogen and oxygen atoms in total. The van der Waals surface area contributed by atoms with Crippen molar-refractivity contribution in [2.24, 2.45) is 11.5 Å². The molecule has 0 aliphatic heterocycles. The van der Waals surface area contributed by atoms with Gasteiger partial charge in [0.05, 0.1) is 6.42 Å². The Balaban J connectivity index is 2.25. The summed E-state index contributed by atoms with van der Waals surface area (Å²) in [6.07, 6.45) is 0.0202. The van der Waals surface area contributed by atoms with Crippen molar-refractivity contribution in [2.75, 3.05) is 0 Å². The highest BCUT2D eigenvalue weighted by Crippen LogP contribution is 2.23. The zero-order chi connectivity index (χ0) is 16.4. The van der Waals surface area contributed by atoms with Crippen LogP contribution in [0, 0.1) is 13.8 Å². The van der Waals surface area contributed by atoms with Crippen LogP contribution in [0.25, 0.3) is 10.9 Å². The number of hydrogen-bond donors (Lipinski definition) is 4. The lowest BCUT2D eigenvalue weighted by atomic mass is 10.1. The second-order valence-corrected chi connectivity index (χ2v) is 5.26. The van der Waals surface area contributed by atoms with Gasteiger partial charge >= 0.3 is 0 Å². The fraction of sp³-hybridized carbons (Fsp3) is 0.267. The lowest BCUT2D eigenvalue weighted by Crippen LogP contribution is -2.52. The van der Waals surface area contributed by atoms with Gasteiger partial charge < -0.3 is 21.8 Å². The van der Waals surface area contributed by atoms with Gasteiger partial charge in [-0.05, 0) is 31.5 Å². The topological polar surface area (TPSA) is 131 Å². The van der Waals surface area contributed by atoms with E-state index in [1.165, 1.54) is 0 Å². The summed E-state index contributed by atoms with van der Waals surface area (Å²) in [5.41, 5.74) is 13.7. The Morgan fingerprint density at radius 3 is 2.41 bits per heavy atom.